The summed E-state index contributed by atoms with van der Waals surface area (Å²) < 4.78 is 0. The SMILES string of the molecule is CCCCN(C)c1ncc(CNC)s1. The Morgan fingerprint density at radius 3 is 3.00 bits per heavy atom. The molecule has 4 heteroatoms. The predicted octanol–water partition coefficient (Wildman–Crippen LogP) is 2.10. The van der Waals surface area contributed by atoms with Gasteiger partial charge >= 0.3 is 0 Å². The molecule has 0 amide bonds. The zero-order valence-corrected chi connectivity index (χ0v) is 10.0. The van der Waals surface area contributed by atoms with Gasteiger partial charge in [0.05, 0.1) is 0 Å². The molecule has 80 valence electrons. The molecule has 0 saturated heterocycles. The zero-order valence-electron chi connectivity index (χ0n) is 9.21. The maximum Gasteiger partial charge on any atom is 0.185 e. The third-order valence-corrected chi connectivity index (χ3v) is 3.18. The molecule has 0 atom stereocenters. The molecule has 1 rings (SSSR count). The summed E-state index contributed by atoms with van der Waals surface area (Å²) in [6, 6.07) is 0. The summed E-state index contributed by atoms with van der Waals surface area (Å²) in [6.07, 6.45) is 4.43. The first-order valence-electron chi connectivity index (χ1n) is 5.08. The van der Waals surface area contributed by atoms with E-state index in [2.05, 4.69) is 29.2 Å². The van der Waals surface area contributed by atoms with Crippen LogP contribution in [0.25, 0.3) is 0 Å². The molecule has 1 N–H and O–H groups in total. The number of aromatic nitrogens is 1. The van der Waals surface area contributed by atoms with Crippen LogP contribution in [0.3, 0.4) is 0 Å². The van der Waals surface area contributed by atoms with E-state index < -0.39 is 0 Å². The highest BCUT2D eigenvalue weighted by Crippen LogP contribution is 2.21. The number of thiazole rings is 1. The van der Waals surface area contributed by atoms with Crippen molar-refractivity contribution in [2.75, 3.05) is 25.5 Å². The lowest BCUT2D eigenvalue weighted by Gasteiger charge is -2.14. The Morgan fingerprint density at radius 1 is 1.57 bits per heavy atom. The monoisotopic (exact) mass is 213 g/mol. The Kier molecular flexibility index (Phi) is 4.90. The molecule has 0 unspecified atom stereocenters. The molecular formula is C10H19N3S. The van der Waals surface area contributed by atoms with Crippen molar-refractivity contribution in [3.63, 3.8) is 0 Å². The molecule has 0 aliphatic rings. The van der Waals surface area contributed by atoms with Crippen LogP contribution in [0.5, 0.6) is 0 Å². The van der Waals surface area contributed by atoms with E-state index in [4.69, 9.17) is 0 Å². The second kappa shape index (κ2) is 5.98. The quantitative estimate of drug-likeness (QED) is 0.784. The highest BCUT2D eigenvalue weighted by Gasteiger charge is 2.05. The van der Waals surface area contributed by atoms with Crippen LogP contribution in [0, 0.1) is 0 Å². The molecule has 0 fully saturated rings. The molecule has 14 heavy (non-hydrogen) atoms. The Labute approximate surface area is 90.2 Å². The molecule has 1 aromatic rings. The van der Waals surface area contributed by atoms with Crippen molar-refractivity contribution in [1.29, 1.82) is 0 Å². The van der Waals surface area contributed by atoms with Crippen molar-refractivity contribution in [2.45, 2.75) is 26.3 Å². The van der Waals surface area contributed by atoms with Crippen LogP contribution in [-0.4, -0.2) is 25.6 Å². The van der Waals surface area contributed by atoms with Crippen LogP contribution < -0.4 is 10.2 Å². The molecule has 0 spiro atoms. The molecule has 1 heterocycles. The fourth-order valence-electron chi connectivity index (χ4n) is 1.22. The number of nitrogens with one attached hydrogen (secondary N) is 1. The van der Waals surface area contributed by atoms with Crippen molar-refractivity contribution in [3.05, 3.63) is 11.1 Å². The lowest BCUT2D eigenvalue weighted by molar-refractivity contribution is 0.764. The number of hydrogen-bond donors (Lipinski definition) is 1. The fourth-order valence-corrected chi connectivity index (χ4v) is 2.13. The molecule has 0 radical (unpaired) electrons. The van der Waals surface area contributed by atoms with Crippen LogP contribution in [-0.2, 0) is 6.54 Å². The number of nitrogens with zero attached hydrogens (tertiary/aromatic N) is 2. The van der Waals surface area contributed by atoms with Crippen molar-refractivity contribution in [2.24, 2.45) is 0 Å². The fraction of sp³-hybridized carbons (Fsp3) is 0.700. The van der Waals surface area contributed by atoms with Gasteiger partial charge in [0.25, 0.3) is 0 Å². The van der Waals surface area contributed by atoms with Gasteiger partial charge in [-0.15, -0.1) is 11.3 Å². The summed E-state index contributed by atoms with van der Waals surface area (Å²) in [7, 11) is 4.07. The minimum absolute atomic E-state index is 0.916. The second-order valence-corrected chi connectivity index (χ2v) is 4.51. The van der Waals surface area contributed by atoms with E-state index in [0.29, 0.717) is 0 Å². The van der Waals surface area contributed by atoms with Crippen LogP contribution in [0.1, 0.15) is 24.6 Å². The van der Waals surface area contributed by atoms with E-state index in [0.717, 1.165) is 18.2 Å². The predicted molar refractivity (Wildman–Crippen MR) is 63.1 cm³/mol. The molecule has 3 nitrogen and oxygen atoms in total. The zero-order chi connectivity index (χ0) is 10.4. The summed E-state index contributed by atoms with van der Waals surface area (Å²) in [4.78, 5) is 7.92. The van der Waals surface area contributed by atoms with Crippen molar-refractivity contribution < 1.29 is 0 Å². The summed E-state index contributed by atoms with van der Waals surface area (Å²) in [5.74, 6) is 0. The number of unbranched alkanes of at least 4 members (excludes halogenated alkanes) is 1. The summed E-state index contributed by atoms with van der Waals surface area (Å²) in [5.41, 5.74) is 0. The van der Waals surface area contributed by atoms with Crippen molar-refractivity contribution in [1.82, 2.24) is 10.3 Å². The summed E-state index contributed by atoms with van der Waals surface area (Å²) in [6.45, 7) is 4.23. The Hall–Kier alpha value is -0.610. The van der Waals surface area contributed by atoms with E-state index >= 15 is 0 Å². The van der Waals surface area contributed by atoms with Gasteiger partial charge in [-0.25, -0.2) is 4.98 Å². The van der Waals surface area contributed by atoms with Gasteiger partial charge in [-0.1, -0.05) is 13.3 Å². The second-order valence-electron chi connectivity index (χ2n) is 3.41. The molecule has 0 saturated carbocycles. The number of rotatable bonds is 6. The maximum absolute atomic E-state index is 4.39. The topological polar surface area (TPSA) is 28.2 Å². The molecular weight excluding hydrogens is 194 g/mol. The molecule has 0 bridgehead atoms. The first kappa shape index (κ1) is 11.5. The maximum atomic E-state index is 4.39. The van der Waals surface area contributed by atoms with Crippen LogP contribution in [0.2, 0.25) is 0 Å². The van der Waals surface area contributed by atoms with E-state index in [-0.39, 0.29) is 0 Å². The minimum atomic E-state index is 0.916. The van der Waals surface area contributed by atoms with Gasteiger partial charge in [-0.3, -0.25) is 0 Å². The average Bonchev–Trinajstić information content (AvgIpc) is 2.63. The van der Waals surface area contributed by atoms with E-state index in [1.807, 2.05) is 13.2 Å². The highest BCUT2D eigenvalue weighted by molar-refractivity contribution is 7.15. The molecule has 0 aliphatic carbocycles. The normalized spacial score (nSPS) is 10.5. The molecule has 1 aromatic heterocycles. The standard InChI is InChI=1S/C10H19N3S/c1-4-5-6-13(3)10-12-8-9(14-10)7-11-2/h8,11H,4-7H2,1-3H3. The first-order chi connectivity index (χ1) is 6.77. The molecule has 0 aromatic carbocycles. The van der Waals surface area contributed by atoms with Gasteiger partial charge in [-0.2, -0.15) is 0 Å². The van der Waals surface area contributed by atoms with Gasteiger partial charge in [0.2, 0.25) is 0 Å². The Morgan fingerprint density at radius 2 is 2.36 bits per heavy atom. The largest absolute Gasteiger partial charge is 0.351 e. The van der Waals surface area contributed by atoms with Gasteiger partial charge in [-0.05, 0) is 13.5 Å². The summed E-state index contributed by atoms with van der Waals surface area (Å²) >= 11 is 1.77. The summed E-state index contributed by atoms with van der Waals surface area (Å²) in [5, 5.41) is 4.26. The molecule has 0 aliphatic heterocycles. The lowest BCUT2D eigenvalue weighted by atomic mass is 10.3. The third kappa shape index (κ3) is 3.27. The van der Waals surface area contributed by atoms with Gasteiger partial charge in [0.1, 0.15) is 0 Å². The van der Waals surface area contributed by atoms with Crippen LogP contribution >= 0.6 is 11.3 Å². The van der Waals surface area contributed by atoms with E-state index in [9.17, 15) is 0 Å². The van der Waals surface area contributed by atoms with Gasteiger partial charge in [0.15, 0.2) is 5.13 Å². The minimum Gasteiger partial charge on any atom is -0.351 e. The van der Waals surface area contributed by atoms with E-state index in [1.54, 1.807) is 11.3 Å². The van der Waals surface area contributed by atoms with Crippen molar-refractivity contribution in [3.8, 4) is 0 Å². The Bertz CT molecular complexity index is 260. The Balaban J connectivity index is 2.48. The third-order valence-electron chi connectivity index (χ3n) is 2.07. The van der Waals surface area contributed by atoms with Gasteiger partial charge in [0, 0.05) is 31.2 Å². The van der Waals surface area contributed by atoms with Crippen LogP contribution in [0.4, 0.5) is 5.13 Å². The van der Waals surface area contributed by atoms with Gasteiger partial charge < -0.3 is 10.2 Å². The lowest BCUT2D eigenvalue weighted by Crippen LogP contribution is -2.17. The van der Waals surface area contributed by atoms with E-state index in [1.165, 1.54) is 17.7 Å². The highest BCUT2D eigenvalue weighted by atomic mass is 32.1. The first-order valence-corrected chi connectivity index (χ1v) is 5.90. The van der Waals surface area contributed by atoms with Crippen LogP contribution in [0.15, 0.2) is 6.20 Å². The number of anilines is 1. The van der Waals surface area contributed by atoms with Crippen molar-refractivity contribution >= 4 is 16.5 Å². The number of hydrogen-bond acceptors (Lipinski definition) is 4. The average molecular weight is 213 g/mol. The smallest absolute Gasteiger partial charge is 0.185 e.